The molecule has 7 heteroatoms. The summed E-state index contributed by atoms with van der Waals surface area (Å²) in [4.78, 5) is 30.9. The Morgan fingerprint density at radius 2 is 2.19 bits per heavy atom. The number of pyridine rings is 2. The van der Waals surface area contributed by atoms with Gasteiger partial charge in [-0.2, -0.15) is 0 Å². The van der Waals surface area contributed by atoms with Gasteiger partial charge in [0.1, 0.15) is 5.76 Å². The van der Waals surface area contributed by atoms with Gasteiger partial charge in [-0.1, -0.05) is 6.07 Å². The standard InChI is InChI=1S/C20H17N3O3S/c1-13-16(19(24)21-11-15-5-3-9-27-15)10-17-18(22-13)6-7-23(20(17)25)12-14-4-2-8-26-14/h2-10H,11-12H2,1H3,(H,21,24). The van der Waals surface area contributed by atoms with E-state index in [4.69, 9.17) is 4.42 Å². The maximum absolute atomic E-state index is 12.8. The Balaban J connectivity index is 1.66. The lowest BCUT2D eigenvalue weighted by atomic mass is 10.1. The van der Waals surface area contributed by atoms with Gasteiger partial charge in [-0.05, 0) is 42.6 Å². The maximum Gasteiger partial charge on any atom is 0.260 e. The van der Waals surface area contributed by atoms with Crippen LogP contribution in [0.2, 0.25) is 0 Å². The number of hydrogen-bond donors (Lipinski definition) is 1. The summed E-state index contributed by atoms with van der Waals surface area (Å²) in [7, 11) is 0. The second kappa shape index (κ2) is 7.20. The molecule has 1 N–H and O–H groups in total. The lowest BCUT2D eigenvalue weighted by molar-refractivity contribution is 0.0950. The van der Waals surface area contributed by atoms with Crippen molar-refractivity contribution in [3.63, 3.8) is 0 Å². The van der Waals surface area contributed by atoms with Gasteiger partial charge in [0.2, 0.25) is 0 Å². The van der Waals surface area contributed by atoms with Gasteiger partial charge in [-0.25, -0.2) is 0 Å². The van der Waals surface area contributed by atoms with E-state index < -0.39 is 0 Å². The molecule has 0 aromatic carbocycles. The number of rotatable bonds is 5. The van der Waals surface area contributed by atoms with Gasteiger partial charge >= 0.3 is 0 Å². The molecule has 4 heterocycles. The molecule has 4 rings (SSSR count). The van der Waals surface area contributed by atoms with E-state index in [9.17, 15) is 9.59 Å². The average molecular weight is 379 g/mol. The first kappa shape index (κ1) is 17.2. The van der Waals surface area contributed by atoms with Gasteiger partial charge in [0, 0.05) is 11.1 Å². The van der Waals surface area contributed by atoms with E-state index in [0.717, 1.165) is 4.88 Å². The smallest absolute Gasteiger partial charge is 0.260 e. The van der Waals surface area contributed by atoms with Crippen LogP contribution in [0.1, 0.15) is 26.7 Å². The fraction of sp³-hybridized carbons (Fsp3) is 0.150. The third-order valence-corrected chi connectivity index (χ3v) is 5.18. The van der Waals surface area contributed by atoms with Gasteiger partial charge in [0.15, 0.2) is 0 Å². The lowest BCUT2D eigenvalue weighted by Crippen LogP contribution is -2.25. The van der Waals surface area contributed by atoms with Crippen LogP contribution in [-0.4, -0.2) is 15.5 Å². The number of carbonyl (C=O) groups excluding carboxylic acids is 1. The Bertz CT molecular complexity index is 1150. The number of fused-ring (bicyclic) bond motifs is 1. The fourth-order valence-electron chi connectivity index (χ4n) is 2.91. The first-order chi connectivity index (χ1) is 13.1. The number of aryl methyl sites for hydroxylation is 1. The summed E-state index contributed by atoms with van der Waals surface area (Å²) in [6.07, 6.45) is 3.26. The number of nitrogens with one attached hydrogen (secondary N) is 1. The summed E-state index contributed by atoms with van der Waals surface area (Å²) in [5, 5.41) is 5.26. The zero-order valence-corrected chi connectivity index (χ0v) is 15.5. The average Bonchev–Trinajstić information content (AvgIpc) is 3.35. The molecule has 0 aliphatic heterocycles. The molecule has 0 radical (unpaired) electrons. The molecule has 0 aliphatic carbocycles. The Morgan fingerprint density at radius 1 is 1.30 bits per heavy atom. The number of nitrogens with zero attached hydrogens (tertiary/aromatic N) is 2. The highest BCUT2D eigenvalue weighted by molar-refractivity contribution is 7.09. The Kier molecular flexibility index (Phi) is 4.60. The van der Waals surface area contributed by atoms with Crippen LogP contribution >= 0.6 is 11.3 Å². The quantitative estimate of drug-likeness (QED) is 0.577. The van der Waals surface area contributed by atoms with Crippen molar-refractivity contribution in [3.05, 3.63) is 86.5 Å². The van der Waals surface area contributed by atoms with E-state index in [1.165, 1.54) is 0 Å². The van der Waals surface area contributed by atoms with Crippen molar-refractivity contribution in [1.29, 1.82) is 0 Å². The number of furan rings is 1. The van der Waals surface area contributed by atoms with Gasteiger partial charge in [0.25, 0.3) is 11.5 Å². The van der Waals surface area contributed by atoms with Gasteiger partial charge in [0.05, 0.1) is 41.5 Å². The third-order valence-electron chi connectivity index (χ3n) is 4.30. The molecule has 0 atom stereocenters. The zero-order chi connectivity index (χ0) is 18.8. The highest BCUT2D eigenvalue weighted by atomic mass is 32.1. The number of amides is 1. The minimum Gasteiger partial charge on any atom is -0.467 e. The molecule has 0 spiro atoms. The van der Waals surface area contributed by atoms with Crippen molar-refractivity contribution in [2.45, 2.75) is 20.0 Å². The second-order valence-corrected chi connectivity index (χ2v) is 7.18. The predicted molar refractivity (Wildman–Crippen MR) is 104 cm³/mol. The van der Waals surface area contributed by atoms with Crippen LogP contribution in [-0.2, 0) is 13.1 Å². The summed E-state index contributed by atoms with van der Waals surface area (Å²) in [6, 6.07) is 10.9. The highest BCUT2D eigenvalue weighted by Gasteiger charge is 2.14. The van der Waals surface area contributed by atoms with Gasteiger partial charge in [-0.3, -0.25) is 14.6 Å². The van der Waals surface area contributed by atoms with Gasteiger partial charge in [-0.15, -0.1) is 11.3 Å². The van der Waals surface area contributed by atoms with Crippen LogP contribution in [0.4, 0.5) is 0 Å². The molecule has 1 amide bonds. The molecule has 0 unspecified atom stereocenters. The van der Waals surface area contributed by atoms with Crippen molar-refractivity contribution in [3.8, 4) is 0 Å². The fourth-order valence-corrected chi connectivity index (χ4v) is 3.55. The molecule has 4 aromatic rings. The van der Waals surface area contributed by atoms with Crippen LogP contribution in [0.25, 0.3) is 10.9 Å². The third kappa shape index (κ3) is 3.54. The first-order valence-corrected chi connectivity index (χ1v) is 9.33. The zero-order valence-electron chi connectivity index (χ0n) is 14.6. The Hall–Kier alpha value is -3.19. The molecular weight excluding hydrogens is 362 g/mol. The molecule has 136 valence electrons. The molecule has 27 heavy (non-hydrogen) atoms. The molecule has 0 aliphatic rings. The number of thiophene rings is 1. The predicted octanol–water partition coefficient (Wildman–Crippen LogP) is 3.34. The number of hydrogen-bond acceptors (Lipinski definition) is 5. The SMILES string of the molecule is Cc1nc2ccn(Cc3ccco3)c(=O)c2cc1C(=O)NCc1cccs1. The van der Waals surface area contributed by atoms with E-state index >= 15 is 0 Å². The van der Waals surface area contributed by atoms with E-state index in [1.807, 2.05) is 23.6 Å². The molecule has 0 saturated carbocycles. The summed E-state index contributed by atoms with van der Waals surface area (Å²) >= 11 is 1.58. The van der Waals surface area contributed by atoms with E-state index in [2.05, 4.69) is 10.3 Å². The summed E-state index contributed by atoms with van der Waals surface area (Å²) in [5.74, 6) is 0.446. The molecule has 4 aromatic heterocycles. The maximum atomic E-state index is 12.8. The molecule has 0 saturated heterocycles. The first-order valence-electron chi connectivity index (χ1n) is 8.45. The molecular formula is C20H17N3O3S. The van der Waals surface area contributed by atoms with Crippen LogP contribution in [0.3, 0.4) is 0 Å². The summed E-state index contributed by atoms with van der Waals surface area (Å²) in [5.41, 5.74) is 1.37. The summed E-state index contributed by atoms with van der Waals surface area (Å²) in [6.45, 7) is 2.55. The second-order valence-electron chi connectivity index (χ2n) is 6.14. The van der Waals surface area contributed by atoms with Crippen LogP contribution < -0.4 is 10.9 Å². The number of carbonyl (C=O) groups is 1. The largest absolute Gasteiger partial charge is 0.467 e. The van der Waals surface area contributed by atoms with E-state index in [0.29, 0.717) is 41.0 Å². The minimum atomic E-state index is -0.240. The van der Waals surface area contributed by atoms with Crippen molar-refractivity contribution < 1.29 is 9.21 Å². The summed E-state index contributed by atoms with van der Waals surface area (Å²) < 4.78 is 6.86. The van der Waals surface area contributed by atoms with E-state index in [-0.39, 0.29) is 11.5 Å². The van der Waals surface area contributed by atoms with Crippen LogP contribution in [0, 0.1) is 6.92 Å². The van der Waals surface area contributed by atoms with Crippen molar-refractivity contribution >= 4 is 28.1 Å². The van der Waals surface area contributed by atoms with Crippen LogP contribution in [0.5, 0.6) is 0 Å². The highest BCUT2D eigenvalue weighted by Crippen LogP contribution is 2.15. The van der Waals surface area contributed by atoms with Crippen molar-refractivity contribution in [2.24, 2.45) is 0 Å². The monoisotopic (exact) mass is 379 g/mol. The van der Waals surface area contributed by atoms with Crippen LogP contribution in [0.15, 0.2) is 63.4 Å². The normalized spacial score (nSPS) is 11.0. The molecule has 0 fully saturated rings. The Morgan fingerprint density at radius 3 is 2.93 bits per heavy atom. The van der Waals surface area contributed by atoms with E-state index in [1.54, 1.807) is 53.5 Å². The Labute approximate surface area is 159 Å². The topological polar surface area (TPSA) is 77.1 Å². The van der Waals surface area contributed by atoms with Crippen molar-refractivity contribution in [2.75, 3.05) is 0 Å². The minimum absolute atomic E-state index is 0.205. The van der Waals surface area contributed by atoms with Crippen molar-refractivity contribution in [1.82, 2.24) is 14.9 Å². The van der Waals surface area contributed by atoms with Gasteiger partial charge < -0.3 is 14.3 Å². The molecule has 0 bridgehead atoms. The lowest BCUT2D eigenvalue weighted by Gasteiger charge is -2.10. The number of aromatic nitrogens is 2. The molecule has 6 nitrogen and oxygen atoms in total.